The van der Waals surface area contributed by atoms with Gasteiger partial charge in [-0.3, -0.25) is 4.68 Å². The van der Waals surface area contributed by atoms with Crippen molar-refractivity contribution >= 4 is 0 Å². The lowest BCUT2D eigenvalue weighted by atomic mass is 9.76. The van der Waals surface area contributed by atoms with Gasteiger partial charge in [-0.15, -0.1) is 6.58 Å². The third-order valence-electron chi connectivity index (χ3n) is 5.51. The van der Waals surface area contributed by atoms with Crippen LogP contribution in [0.1, 0.15) is 62.9 Å². The number of hydrogen-bond acceptors (Lipinski definition) is 4. The molecule has 0 bridgehead atoms. The number of nitriles is 1. The standard InChI is InChI=1S/C18H25N3O2/c1-4-5-7-17-8-6-9-18(17,22-11-10-17)23-14(2)16-12-15(13-19)21(3)20-16/h4,12,14H,1,5-11H2,2-3H3/t14?,17-,18+/m0/s1. The number of hydrogen-bond donors (Lipinski definition) is 0. The number of aryl methyl sites for hydroxylation is 1. The lowest BCUT2D eigenvalue weighted by Gasteiger charge is -2.40. The molecule has 1 saturated carbocycles. The number of rotatable bonds is 6. The predicted octanol–water partition coefficient (Wildman–Crippen LogP) is 3.62. The monoisotopic (exact) mass is 315 g/mol. The van der Waals surface area contributed by atoms with Crippen molar-refractivity contribution in [3.63, 3.8) is 0 Å². The second-order valence-corrected chi connectivity index (χ2v) is 6.76. The lowest BCUT2D eigenvalue weighted by Crippen LogP contribution is -2.43. The van der Waals surface area contributed by atoms with E-state index in [-0.39, 0.29) is 11.5 Å². The molecule has 1 saturated heterocycles. The van der Waals surface area contributed by atoms with E-state index in [1.54, 1.807) is 17.8 Å². The van der Waals surface area contributed by atoms with Crippen LogP contribution in [0.4, 0.5) is 0 Å². The number of nitrogens with zero attached hydrogens (tertiary/aromatic N) is 3. The Balaban J connectivity index is 1.81. The third-order valence-corrected chi connectivity index (χ3v) is 5.51. The maximum atomic E-state index is 9.10. The average molecular weight is 315 g/mol. The minimum Gasteiger partial charge on any atom is -0.349 e. The van der Waals surface area contributed by atoms with E-state index in [1.165, 1.54) is 0 Å². The van der Waals surface area contributed by atoms with Gasteiger partial charge in [0.15, 0.2) is 5.79 Å². The van der Waals surface area contributed by atoms with Crippen molar-refractivity contribution in [2.75, 3.05) is 6.61 Å². The molecule has 1 aliphatic heterocycles. The summed E-state index contributed by atoms with van der Waals surface area (Å²) in [7, 11) is 1.78. The van der Waals surface area contributed by atoms with Crippen molar-refractivity contribution in [2.45, 2.75) is 57.3 Å². The molecule has 1 aliphatic carbocycles. The van der Waals surface area contributed by atoms with Gasteiger partial charge in [0, 0.05) is 24.9 Å². The van der Waals surface area contributed by atoms with E-state index in [9.17, 15) is 0 Å². The molecule has 2 heterocycles. The summed E-state index contributed by atoms with van der Waals surface area (Å²) in [5.74, 6) is -0.500. The second kappa shape index (κ2) is 6.10. The summed E-state index contributed by atoms with van der Waals surface area (Å²) in [6.45, 7) is 6.62. The van der Waals surface area contributed by atoms with Gasteiger partial charge in [0.1, 0.15) is 17.9 Å². The number of fused-ring (bicyclic) bond motifs is 1. The molecular formula is C18H25N3O2. The predicted molar refractivity (Wildman–Crippen MR) is 86.4 cm³/mol. The van der Waals surface area contributed by atoms with Crippen molar-refractivity contribution in [2.24, 2.45) is 12.5 Å². The third kappa shape index (κ3) is 2.60. The number of ether oxygens (including phenoxy) is 2. The summed E-state index contributed by atoms with van der Waals surface area (Å²) in [5.41, 5.74) is 1.44. The van der Waals surface area contributed by atoms with Gasteiger partial charge in [0.25, 0.3) is 0 Å². The summed E-state index contributed by atoms with van der Waals surface area (Å²) in [6.07, 6.45) is 8.13. The molecule has 5 nitrogen and oxygen atoms in total. The largest absolute Gasteiger partial charge is 0.349 e. The lowest BCUT2D eigenvalue weighted by molar-refractivity contribution is -0.270. The molecule has 0 radical (unpaired) electrons. The van der Waals surface area contributed by atoms with Gasteiger partial charge in [-0.2, -0.15) is 10.4 Å². The highest BCUT2D eigenvalue weighted by molar-refractivity contribution is 5.24. The molecule has 1 unspecified atom stereocenters. The molecule has 0 N–H and O–H groups in total. The first-order valence-electron chi connectivity index (χ1n) is 8.42. The fourth-order valence-corrected chi connectivity index (χ4v) is 4.24. The van der Waals surface area contributed by atoms with Crippen LogP contribution in [0.25, 0.3) is 0 Å². The molecule has 2 fully saturated rings. The summed E-state index contributed by atoms with van der Waals surface area (Å²) in [6, 6.07) is 3.95. The van der Waals surface area contributed by atoms with Crippen molar-refractivity contribution in [3.8, 4) is 6.07 Å². The van der Waals surface area contributed by atoms with Crippen LogP contribution < -0.4 is 0 Å². The molecule has 3 rings (SSSR count). The van der Waals surface area contributed by atoms with Crippen molar-refractivity contribution in [1.82, 2.24) is 9.78 Å². The molecule has 0 aromatic carbocycles. The Labute approximate surface area is 137 Å². The van der Waals surface area contributed by atoms with Gasteiger partial charge >= 0.3 is 0 Å². The topological polar surface area (TPSA) is 60.1 Å². The first-order valence-corrected chi connectivity index (χ1v) is 8.42. The molecule has 1 aromatic heterocycles. The Morgan fingerprint density at radius 2 is 2.39 bits per heavy atom. The van der Waals surface area contributed by atoms with E-state index in [0.717, 1.165) is 50.8 Å². The zero-order valence-electron chi connectivity index (χ0n) is 14.0. The van der Waals surface area contributed by atoms with Crippen LogP contribution in [-0.2, 0) is 16.5 Å². The van der Waals surface area contributed by atoms with E-state index in [4.69, 9.17) is 14.7 Å². The van der Waals surface area contributed by atoms with Crippen LogP contribution in [0, 0.1) is 16.7 Å². The van der Waals surface area contributed by atoms with E-state index in [2.05, 4.69) is 17.7 Å². The van der Waals surface area contributed by atoms with E-state index in [1.807, 2.05) is 13.0 Å². The smallest absolute Gasteiger partial charge is 0.174 e. The van der Waals surface area contributed by atoms with Crippen LogP contribution in [-0.4, -0.2) is 22.2 Å². The number of allylic oxidation sites excluding steroid dienone is 1. The molecule has 3 atom stereocenters. The van der Waals surface area contributed by atoms with Crippen LogP contribution in [0.5, 0.6) is 0 Å². The fourth-order valence-electron chi connectivity index (χ4n) is 4.24. The Bertz CT molecular complexity index is 619. The van der Waals surface area contributed by atoms with Gasteiger partial charge in [-0.05, 0) is 39.0 Å². The molecule has 1 aromatic rings. The zero-order valence-corrected chi connectivity index (χ0v) is 14.0. The molecular weight excluding hydrogens is 290 g/mol. The summed E-state index contributed by atoms with van der Waals surface area (Å²) in [5, 5.41) is 13.5. The zero-order chi connectivity index (χ0) is 16.5. The van der Waals surface area contributed by atoms with E-state index >= 15 is 0 Å². The summed E-state index contributed by atoms with van der Waals surface area (Å²) >= 11 is 0. The molecule has 2 aliphatic rings. The summed E-state index contributed by atoms with van der Waals surface area (Å²) in [4.78, 5) is 0. The minimum absolute atomic E-state index is 0.0995. The van der Waals surface area contributed by atoms with Crippen molar-refractivity contribution in [3.05, 3.63) is 30.1 Å². The number of aromatic nitrogens is 2. The highest BCUT2D eigenvalue weighted by Gasteiger charge is 2.60. The average Bonchev–Trinajstić information content (AvgIpc) is 3.15. The second-order valence-electron chi connectivity index (χ2n) is 6.76. The highest BCUT2D eigenvalue weighted by atomic mass is 16.7. The van der Waals surface area contributed by atoms with Gasteiger partial charge < -0.3 is 9.47 Å². The minimum atomic E-state index is -0.500. The molecule has 0 spiro atoms. The normalized spacial score (nSPS) is 30.8. The van der Waals surface area contributed by atoms with E-state index < -0.39 is 5.79 Å². The van der Waals surface area contributed by atoms with Crippen LogP contribution in [0.15, 0.2) is 18.7 Å². The highest BCUT2D eigenvalue weighted by Crippen LogP contribution is 2.59. The molecule has 124 valence electrons. The van der Waals surface area contributed by atoms with Crippen LogP contribution in [0.3, 0.4) is 0 Å². The van der Waals surface area contributed by atoms with Crippen LogP contribution in [0.2, 0.25) is 0 Å². The fraction of sp³-hybridized carbons (Fsp3) is 0.667. The molecule has 0 amide bonds. The van der Waals surface area contributed by atoms with Gasteiger partial charge in [-0.25, -0.2) is 0 Å². The van der Waals surface area contributed by atoms with E-state index in [0.29, 0.717) is 5.69 Å². The first-order chi connectivity index (χ1) is 11.1. The Hall–Kier alpha value is -1.64. The van der Waals surface area contributed by atoms with Gasteiger partial charge in [-0.1, -0.05) is 6.08 Å². The Kier molecular flexibility index (Phi) is 4.31. The van der Waals surface area contributed by atoms with Crippen LogP contribution >= 0.6 is 0 Å². The maximum absolute atomic E-state index is 9.10. The molecule has 5 heteroatoms. The maximum Gasteiger partial charge on any atom is 0.174 e. The van der Waals surface area contributed by atoms with Gasteiger partial charge in [0.2, 0.25) is 0 Å². The Morgan fingerprint density at radius 3 is 3.09 bits per heavy atom. The quantitative estimate of drug-likeness (QED) is 0.752. The SMILES string of the molecule is C=CCC[C@@]12CCC[C@]1(OC(C)c1cc(C#N)n(C)n1)OCC2. The van der Waals surface area contributed by atoms with Crippen molar-refractivity contribution in [1.29, 1.82) is 5.26 Å². The Morgan fingerprint density at radius 1 is 1.57 bits per heavy atom. The van der Waals surface area contributed by atoms with Crippen molar-refractivity contribution < 1.29 is 9.47 Å². The van der Waals surface area contributed by atoms with Gasteiger partial charge in [0.05, 0.1) is 12.3 Å². The first kappa shape index (κ1) is 16.2. The molecule has 23 heavy (non-hydrogen) atoms. The summed E-state index contributed by atoms with van der Waals surface area (Å²) < 4.78 is 14.2.